The average molecular weight is 576 g/mol. The third kappa shape index (κ3) is 6.22. The molecule has 4 nitrogen and oxygen atoms in total. The van der Waals surface area contributed by atoms with E-state index in [4.69, 9.17) is 4.74 Å². The first kappa shape index (κ1) is 21.1. The molecule has 0 aliphatic heterocycles. The number of halogens is 2. The molecule has 0 atom stereocenters. The van der Waals surface area contributed by atoms with Crippen LogP contribution in [0.3, 0.4) is 0 Å². The van der Waals surface area contributed by atoms with Gasteiger partial charge in [-0.1, -0.05) is 30.7 Å². The zero-order valence-corrected chi connectivity index (χ0v) is 19.4. The van der Waals surface area contributed by atoms with E-state index in [0.29, 0.717) is 13.0 Å². The van der Waals surface area contributed by atoms with E-state index in [1.807, 2.05) is 38.1 Å². The molecule has 0 aliphatic carbocycles. The van der Waals surface area contributed by atoms with E-state index in [-0.39, 0.29) is 5.91 Å². The lowest BCUT2D eigenvalue weighted by Gasteiger charge is -2.10. The molecule has 0 radical (unpaired) electrons. The van der Waals surface area contributed by atoms with Crippen LogP contribution in [0.1, 0.15) is 35.6 Å². The fraction of sp³-hybridized carbons (Fsp3) is 0.300. The molecule has 26 heavy (non-hydrogen) atoms. The number of carbonyl (C=O) groups is 1. The van der Waals surface area contributed by atoms with Crippen LogP contribution in [0, 0.1) is 21.0 Å². The lowest BCUT2D eigenvalue weighted by molar-refractivity contribution is -0.120. The number of hydrazone groups is 1. The van der Waals surface area contributed by atoms with Gasteiger partial charge < -0.3 is 4.74 Å². The van der Waals surface area contributed by atoms with Gasteiger partial charge in [-0.2, -0.15) is 5.10 Å². The highest BCUT2D eigenvalue weighted by atomic mass is 127. The van der Waals surface area contributed by atoms with Gasteiger partial charge in [0.1, 0.15) is 5.75 Å². The van der Waals surface area contributed by atoms with Gasteiger partial charge in [0.15, 0.2) is 0 Å². The summed E-state index contributed by atoms with van der Waals surface area (Å²) in [6, 6.07) is 10.1. The fourth-order valence-electron chi connectivity index (χ4n) is 2.43. The SMILES string of the molecule is CCCOc1c(I)cc(/C=N\NC(=O)Cc2ccc(C)cc2C)cc1I. The average Bonchev–Trinajstić information content (AvgIpc) is 2.57. The van der Waals surface area contributed by atoms with Crippen molar-refractivity contribution >= 4 is 57.3 Å². The predicted molar refractivity (Wildman–Crippen MR) is 123 cm³/mol. The Balaban J connectivity index is 1.98. The maximum atomic E-state index is 12.1. The number of amides is 1. The third-order valence-electron chi connectivity index (χ3n) is 3.72. The summed E-state index contributed by atoms with van der Waals surface area (Å²) < 4.78 is 7.84. The van der Waals surface area contributed by atoms with Gasteiger partial charge in [-0.3, -0.25) is 4.79 Å². The first-order valence-corrected chi connectivity index (χ1v) is 10.6. The lowest BCUT2D eigenvalue weighted by atomic mass is 10.0. The summed E-state index contributed by atoms with van der Waals surface area (Å²) in [4.78, 5) is 12.1. The van der Waals surface area contributed by atoms with Crippen LogP contribution < -0.4 is 10.2 Å². The molecule has 0 spiro atoms. The highest BCUT2D eigenvalue weighted by Crippen LogP contribution is 2.28. The van der Waals surface area contributed by atoms with Crippen LogP contribution in [0.2, 0.25) is 0 Å². The maximum absolute atomic E-state index is 12.1. The largest absolute Gasteiger partial charge is 0.491 e. The summed E-state index contributed by atoms with van der Waals surface area (Å²) in [6.07, 6.45) is 2.96. The Bertz CT molecular complexity index is 796. The number of hydrogen-bond donors (Lipinski definition) is 1. The van der Waals surface area contributed by atoms with Gasteiger partial charge in [0.25, 0.3) is 0 Å². The molecule has 0 bridgehead atoms. The van der Waals surface area contributed by atoms with Gasteiger partial charge in [-0.15, -0.1) is 0 Å². The lowest BCUT2D eigenvalue weighted by Crippen LogP contribution is -2.20. The summed E-state index contributed by atoms with van der Waals surface area (Å²) in [5.41, 5.74) is 6.86. The quantitative estimate of drug-likeness (QED) is 0.287. The summed E-state index contributed by atoms with van der Waals surface area (Å²) in [6.45, 7) is 6.85. The van der Waals surface area contributed by atoms with E-state index < -0.39 is 0 Å². The Labute approximate surface area is 182 Å². The van der Waals surface area contributed by atoms with E-state index in [2.05, 4.69) is 68.7 Å². The maximum Gasteiger partial charge on any atom is 0.244 e. The van der Waals surface area contributed by atoms with Gasteiger partial charge in [0.05, 0.1) is 26.4 Å². The van der Waals surface area contributed by atoms with Crippen molar-refractivity contribution in [3.05, 3.63) is 59.7 Å². The first-order valence-electron chi connectivity index (χ1n) is 8.40. The first-order chi connectivity index (χ1) is 12.4. The molecular weight excluding hydrogens is 554 g/mol. The monoisotopic (exact) mass is 576 g/mol. The second-order valence-corrected chi connectivity index (χ2v) is 8.39. The van der Waals surface area contributed by atoms with Crippen molar-refractivity contribution in [1.82, 2.24) is 5.43 Å². The number of aryl methyl sites for hydroxylation is 2. The molecule has 0 unspecified atom stereocenters. The van der Waals surface area contributed by atoms with Crippen molar-refractivity contribution in [1.29, 1.82) is 0 Å². The van der Waals surface area contributed by atoms with E-state index in [1.165, 1.54) is 5.56 Å². The van der Waals surface area contributed by atoms with Crippen LogP contribution in [-0.4, -0.2) is 18.7 Å². The second-order valence-electron chi connectivity index (χ2n) is 6.06. The summed E-state index contributed by atoms with van der Waals surface area (Å²) in [5, 5.41) is 4.09. The molecule has 0 fully saturated rings. The number of ether oxygens (including phenoxy) is 1. The number of nitrogens with zero attached hydrogens (tertiary/aromatic N) is 1. The van der Waals surface area contributed by atoms with E-state index in [0.717, 1.165) is 36.0 Å². The van der Waals surface area contributed by atoms with Crippen LogP contribution in [0.25, 0.3) is 0 Å². The Kier molecular flexibility index (Phi) is 8.33. The Morgan fingerprint density at radius 2 is 1.88 bits per heavy atom. The molecule has 0 aliphatic rings. The van der Waals surface area contributed by atoms with Gasteiger partial charge in [-0.25, -0.2) is 5.43 Å². The molecule has 2 rings (SSSR count). The molecule has 1 amide bonds. The number of carbonyl (C=O) groups excluding carboxylic acids is 1. The van der Waals surface area contributed by atoms with Crippen molar-refractivity contribution in [2.45, 2.75) is 33.6 Å². The number of rotatable bonds is 7. The van der Waals surface area contributed by atoms with E-state index in [9.17, 15) is 4.79 Å². The van der Waals surface area contributed by atoms with Crippen molar-refractivity contribution in [2.24, 2.45) is 5.10 Å². The van der Waals surface area contributed by atoms with Gasteiger partial charge in [-0.05, 0) is 94.3 Å². The predicted octanol–water partition coefficient (Wildman–Crippen LogP) is 4.99. The summed E-state index contributed by atoms with van der Waals surface area (Å²) in [5.74, 6) is 0.782. The van der Waals surface area contributed by atoms with Gasteiger partial charge >= 0.3 is 0 Å². The normalized spacial score (nSPS) is 11.0. The standard InChI is InChI=1S/C20H22I2N2O2/c1-4-7-26-20-17(21)9-15(10-18(20)22)12-23-24-19(25)11-16-6-5-13(2)8-14(16)3/h5-6,8-10,12H,4,7,11H2,1-3H3,(H,24,25)/b23-12-. The molecule has 6 heteroatoms. The Morgan fingerprint density at radius 3 is 2.50 bits per heavy atom. The smallest absolute Gasteiger partial charge is 0.244 e. The zero-order valence-electron chi connectivity index (χ0n) is 15.1. The molecule has 0 saturated heterocycles. The van der Waals surface area contributed by atoms with Crippen molar-refractivity contribution in [3.8, 4) is 5.75 Å². The van der Waals surface area contributed by atoms with Crippen LogP contribution >= 0.6 is 45.2 Å². The van der Waals surface area contributed by atoms with Crippen molar-refractivity contribution in [2.75, 3.05) is 6.61 Å². The molecule has 2 aromatic rings. The van der Waals surface area contributed by atoms with Gasteiger partial charge in [0.2, 0.25) is 5.91 Å². The topological polar surface area (TPSA) is 50.7 Å². The minimum absolute atomic E-state index is 0.125. The van der Waals surface area contributed by atoms with Crippen LogP contribution in [0.4, 0.5) is 0 Å². The van der Waals surface area contributed by atoms with Gasteiger partial charge in [0, 0.05) is 0 Å². The van der Waals surface area contributed by atoms with Crippen LogP contribution in [0.5, 0.6) is 5.75 Å². The van der Waals surface area contributed by atoms with Crippen molar-refractivity contribution in [3.63, 3.8) is 0 Å². The minimum atomic E-state index is -0.125. The fourth-order valence-corrected chi connectivity index (χ4v) is 4.56. The summed E-state index contributed by atoms with van der Waals surface area (Å²) in [7, 11) is 0. The minimum Gasteiger partial charge on any atom is -0.491 e. The molecule has 138 valence electrons. The van der Waals surface area contributed by atoms with Crippen molar-refractivity contribution < 1.29 is 9.53 Å². The molecular formula is C20H22I2N2O2. The highest BCUT2D eigenvalue weighted by molar-refractivity contribution is 14.1. The molecule has 0 heterocycles. The molecule has 0 aromatic heterocycles. The summed E-state index contributed by atoms with van der Waals surface area (Å²) >= 11 is 4.52. The number of benzene rings is 2. The molecule has 2 aromatic carbocycles. The number of hydrogen-bond acceptors (Lipinski definition) is 3. The van der Waals surface area contributed by atoms with Crippen LogP contribution in [-0.2, 0) is 11.2 Å². The molecule has 0 saturated carbocycles. The highest BCUT2D eigenvalue weighted by Gasteiger charge is 2.08. The zero-order chi connectivity index (χ0) is 19.1. The van der Waals surface area contributed by atoms with E-state index in [1.54, 1.807) is 6.21 Å². The molecule has 1 N–H and O–H groups in total. The van der Waals surface area contributed by atoms with Crippen LogP contribution in [0.15, 0.2) is 35.4 Å². The number of nitrogens with one attached hydrogen (secondary N) is 1. The Morgan fingerprint density at radius 1 is 1.19 bits per heavy atom. The third-order valence-corrected chi connectivity index (χ3v) is 5.33. The Hall–Kier alpha value is -1.16. The van der Waals surface area contributed by atoms with E-state index >= 15 is 0 Å². The second kappa shape index (κ2) is 10.2.